The Labute approximate surface area is 375 Å². The summed E-state index contributed by atoms with van der Waals surface area (Å²) in [5.74, 6) is -0.0156. The smallest absolute Gasteiger partial charge is 0.414 e. The lowest BCUT2D eigenvalue weighted by atomic mass is 10.1. The molecule has 0 radical (unpaired) electrons. The van der Waals surface area contributed by atoms with Gasteiger partial charge in [-0.05, 0) is 35.6 Å². The van der Waals surface area contributed by atoms with Crippen molar-refractivity contribution in [2.75, 3.05) is 25.0 Å². The molecule has 0 bridgehead atoms. The molecule has 344 valence electrons. The van der Waals surface area contributed by atoms with Crippen LogP contribution in [-0.4, -0.2) is 91.1 Å². The largest absolute Gasteiger partial charge is 0.581 e. The van der Waals surface area contributed by atoms with Crippen LogP contribution in [0.4, 0.5) is 20.2 Å². The number of aromatic nitrogens is 2. The number of anilines is 1. The molecule has 1 unspecified atom stereocenters. The highest BCUT2D eigenvalue weighted by molar-refractivity contribution is 6.58. The van der Waals surface area contributed by atoms with Gasteiger partial charge >= 0.3 is 18.3 Å². The molecule has 5 N–H and O–H groups in total. The molecule has 18 heteroatoms. The van der Waals surface area contributed by atoms with E-state index in [4.69, 9.17) is 28.4 Å². The van der Waals surface area contributed by atoms with Crippen LogP contribution in [0.2, 0.25) is 10.1 Å². The Bertz CT molecular complexity index is 2130. The Morgan fingerprint density at radius 1 is 0.734 bits per heavy atom. The highest BCUT2D eigenvalue weighted by Gasteiger charge is 2.45. The lowest BCUT2D eigenvalue weighted by molar-refractivity contribution is -0.0550. The molecule has 2 heterocycles. The summed E-state index contributed by atoms with van der Waals surface area (Å²) >= 11 is 0. The van der Waals surface area contributed by atoms with Crippen molar-refractivity contribution < 1.29 is 48.0 Å². The second-order valence-electron chi connectivity index (χ2n) is 17.0. The summed E-state index contributed by atoms with van der Waals surface area (Å²) in [4.78, 5) is 52.0. The zero-order chi connectivity index (χ0) is 46.1. The van der Waals surface area contributed by atoms with Crippen molar-refractivity contribution in [3.63, 3.8) is 0 Å². The average molecular weight is 899 g/mol. The van der Waals surface area contributed by atoms with Crippen LogP contribution in [0.1, 0.15) is 77.3 Å². The first-order valence-corrected chi connectivity index (χ1v) is 22.6. The van der Waals surface area contributed by atoms with Crippen molar-refractivity contribution in [1.29, 1.82) is 0 Å². The zero-order valence-corrected chi connectivity index (χ0v) is 38.2. The number of rotatable bonds is 16. The van der Waals surface area contributed by atoms with Gasteiger partial charge in [0.25, 0.3) is 0 Å². The normalized spacial score (nSPS) is 17.7. The fraction of sp³-hybridized carbons (Fsp3) is 0.435. The lowest BCUT2D eigenvalue weighted by Crippen LogP contribution is -2.47. The molecule has 3 aromatic carbocycles. The van der Waals surface area contributed by atoms with Crippen molar-refractivity contribution in [3.8, 4) is 0 Å². The number of unbranched alkanes of at least 4 members (excludes halogenated alkanes) is 1. The van der Waals surface area contributed by atoms with E-state index >= 15 is 0 Å². The van der Waals surface area contributed by atoms with Crippen LogP contribution < -0.4 is 21.6 Å². The molecule has 0 saturated carbocycles. The number of carbonyl (C=O) groups is 3. The van der Waals surface area contributed by atoms with Gasteiger partial charge in [-0.3, -0.25) is 30.5 Å². The minimum atomic E-state index is -1.60. The van der Waals surface area contributed by atoms with Crippen LogP contribution in [0.25, 0.3) is 0 Å². The number of nitrogens with one attached hydrogen (secondary N) is 3. The summed E-state index contributed by atoms with van der Waals surface area (Å²) in [6, 6.07) is 29.0. The van der Waals surface area contributed by atoms with E-state index in [1.54, 1.807) is 10.8 Å². The number of amides is 3. The number of aliphatic hydroxyl groups excluding tert-OH is 2. The molecule has 1 aromatic heterocycles. The van der Waals surface area contributed by atoms with E-state index in [0.717, 1.165) is 16.7 Å². The Morgan fingerprint density at radius 2 is 1.22 bits per heavy atom. The number of alkyl carbamates (subject to hydrolysis) is 2. The van der Waals surface area contributed by atoms with Crippen LogP contribution in [0, 0.1) is 0 Å². The van der Waals surface area contributed by atoms with Crippen LogP contribution in [-0.2, 0) is 43.2 Å². The number of aliphatic imine (C=N–C) groups is 1. The molecule has 4 atom stereocenters. The third kappa shape index (κ3) is 15.4. The lowest BCUT2D eigenvalue weighted by Gasteiger charge is -2.55. The second-order valence-corrected chi connectivity index (χ2v) is 20.9. The molecule has 0 spiro atoms. The molecule has 0 aliphatic carbocycles. The molecular weight excluding hydrogens is 839 g/mol. The summed E-state index contributed by atoms with van der Waals surface area (Å²) in [6.07, 6.45) is -3.79. The molecule has 5 rings (SSSR count). The van der Waals surface area contributed by atoms with E-state index in [1.165, 1.54) is 6.07 Å². The minimum absolute atomic E-state index is 0.00637. The van der Waals surface area contributed by atoms with Gasteiger partial charge in [-0.25, -0.2) is 14.4 Å². The van der Waals surface area contributed by atoms with E-state index in [1.807, 2.05) is 91.0 Å². The third-order valence-electron chi connectivity index (χ3n) is 9.62. The fourth-order valence-electron chi connectivity index (χ4n) is 6.94. The maximum atomic E-state index is 12.8. The molecule has 1 aliphatic rings. The van der Waals surface area contributed by atoms with E-state index < -0.39 is 58.5 Å². The van der Waals surface area contributed by atoms with Crippen molar-refractivity contribution in [2.45, 2.75) is 109 Å². The van der Waals surface area contributed by atoms with Crippen molar-refractivity contribution in [3.05, 3.63) is 126 Å². The Morgan fingerprint density at radius 3 is 1.70 bits per heavy atom. The van der Waals surface area contributed by atoms with Gasteiger partial charge in [-0.15, -0.1) is 19.1 Å². The van der Waals surface area contributed by atoms with Gasteiger partial charge in [0.2, 0.25) is 11.6 Å². The number of benzene rings is 3. The number of guanidine groups is 1. The summed E-state index contributed by atoms with van der Waals surface area (Å²) in [5.41, 5.74) is 2.49. The van der Waals surface area contributed by atoms with Crippen molar-refractivity contribution >= 4 is 39.1 Å². The summed E-state index contributed by atoms with van der Waals surface area (Å²) in [6.45, 7) is 12.7. The van der Waals surface area contributed by atoms with Crippen LogP contribution in [0.5, 0.6) is 0 Å². The number of aliphatic hydroxyl groups is 2. The van der Waals surface area contributed by atoms with Gasteiger partial charge in [0.1, 0.15) is 37.8 Å². The Balaban J connectivity index is 1.30. The van der Waals surface area contributed by atoms with E-state index in [0.29, 0.717) is 12.8 Å². The predicted octanol–water partition coefficient (Wildman–Crippen LogP) is 6.75. The first-order chi connectivity index (χ1) is 30.6. The van der Waals surface area contributed by atoms with Crippen LogP contribution >= 0.6 is 0 Å². The van der Waals surface area contributed by atoms with Gasteiger partial charge in [0.15, 0.2) is 6.23 Å². The second kappa shape index (κ2) is 23.7. The minimum Gasteiger partial charge on any atom is -0.581 e. The SMILES string of the molecule is CC(C)(C)[Si-](OC1[C@@H](O)[C@H](n2ccc(NC(=O)OCc3ccccc3)nc2=NCCCCN=C(NC(=O)OCc2ccccc2)NC(=O)OCc2ccccc2)O[C@@H]1CO)C(C)(C)C. The van der Waals surface area contributed by atoms with Gasteiger partial charge in [0.05, 0.1) is 12.7 Å². The maximum Gasteiger partial charge on any atom is 0.414 e. The topological polar surface area (TPSA) is 216 Å². The molecule has 4 aromatic rings. The van der Waals surface area contributed by atoms with E-state index in [-0.39, 0.29) is 60.4 Å². The fourth-order valence-corrected chi connectivity index (χ4v) is 10.5. The number of hydrogen-bond donors (Lipinski definition) is 5. The van der Waals surface area contributed by atoms with Gasteiger partial charge in [0, 0.05) is 19.3 Å². The van der Waals surface area contributed by atoms with Crippen LogP contribution in [0.15, 0.2) is 113 Å². The van der Waals surface area contributed by atoms with Crippen molar-refractivity contribution in [2.24, 2.45) is 9.98 Å². The molecule has 17 nitrogen and oxygen atoms in total. The molecule has 1 aliphatic heterocycles. The number of ether oxygens (including phenoxy) is 4. The van der Waals surface area contributed by atoms with E-state index in [2.05, 4.69) is 67.5 Å². The summed E-state index contributed by atoms with van der Waals surface area (Å²) in [7, 11) is -1.60. The number of hydrogen-bond acceptors (Lipinski definition) is 13. The first-order valence-electron chi connectivity index (χ1n) is 21.2. The van der Waals surface area contributed by atoms with Gasteiger partial charge < -0.3 is 33.6 Å². The molecule has 1 saturated heterocycles. The molecule has 3 amide bonds. The standard InChI is InChI=1S/C46H60N7O10Si/c1-45(2,3)64(46(4,5)6)63-38-35(28-54)62-39(37(38)55)53-27-24-36(50-42(56)59-29-32-18-10-7-11-19-32)49-41(53)48-26-17-16-25-47-40(51-43(57)60-30-33-20-12-8-13-21-33)52-44(58)61-31-34-22-14-9-15-23-34/h7-15,18-24,27,35,37-39,54-55H,16-17,25-26,28-31H2,1-6H3,(H,48,49,50,56)(H2,47,51,52,57,58)/q-1/t35-,37-,38?,39-/m1/s1. The number of carbonyl (C=O) groups excluding carboxylic acids is 3. The average Bonchev–Trinajstić information content (AvgIpc) is 3.58. The number of nitrogens with zero attached hydrogens (tertiary/aromatic N) is 4. The Hall–Kier alpha value is -5.92. The molecule has 64 heavy (non-hydrogen) atoms. The molecule has 1 fully saturated rings. The highest BCUT2D eigenvalue weighted by Crippen LogP contribution is 2.45. The third-order valence-corrected chi connectivity index (χ3v) is 12.9. The van der Waals surface area contributed by atoms with Crippen molar-refractivity contribution in [1.82, 2.24) is 20.2 Å². The molecular formula is C46H60N7O10Si-. The maximum absolute atomic E-state index is 12.8. The van der Waals surface area contributed by atoms with Crippen LogP contribution in [0.3, 0.4) is 0 Å². The quantitative estimate of drug-likeness (QED) is 0.0261. The first kappa shape index (κ1) is 49.1. The monoisotopic (exact) mass is 898 g/mol. The van der Waals surface area contributed by atoms with Gasteiger partial charge in [-0.2, -0.15) is 4.98 Å². The van der Waals surface area contributed by atoms with Gasteiger partial charge in [-0.1, -0.05) is 133 Å². The predicted molar refractivity (Wildman–Crippen MR) is 241 cm³/mol. The van der Waals surface area contributed by atoms with E-state index in [9.17, 15) is 24.6 Å². The Kier molecular flexibility index (Phi) is 18.2. The highest BCUT2D eigenvalue weighted by atomic mass is 28.3. The summed E-state index contributed by atoms with van der Waals surface area (Å²) < 4.78 is 30.6. The summed E-state index contributed by atoms with van der Waals surface area (Å²) in [5, 5.41) is 29.4. The zero-order valence-electron chi connectivity index (χ0n) is 37.2.